The van der Waals surface area contributed by atoms with Gasteiger partial charge in [0.05, 0.1) is 28.9 Å². The maximum Gasteiger partial charge on any atom is 0.238 e. The van der Waals surface area contributed by atoms with Crippen LogP contribution in [0.2, 0.25) is 0 Å². The standard InChI is InChI=1S/C31H23N3O2/c1-31-24-13-7-5-11-22(24)26(23-12-6-8-14-25(23)31)27-28(31)30(36)34(29(27)35)21-17-15-20(16-18-21)33-32-19-9-3-2-4-10-19/h2-18,26-28H,1H3/t26?,27-,28-,31?/m1/s1. The summed E-state index contributed by atoms with van der Waals surface area (Å²) in [5.74, 6) is -1.21. The number of azo groups is 1. The Morgan fingerprint density at radius 3 is 1.78 bits per heavy atom. The number of carbonyl (C=O) groups is 2. The molecule has 1 aliphatic heterocycles. The van der Waals surface area contributed by atoms with Gasteiger partial charge in [-0.3, -0.25) is 9.59 Å². The molecule has 0 N–H and O–H groups in total. The van der Waals surface area contributed by atoms with E-state index in [1.54, 1.807) is 24.3 Å². The van der Waals surface area contributed by atoms with Crippen molar-refractivity contribution in [3.8, 4) is 0 Å². The molecule has 0 aromatic heterocycles. The van der Waals surface area contributed by atoms with E-state index in [2.05, 4.69) is 41.4 Å². The fourth-order valence-corrected chi connectivity index (χ4v) is 6.68. The van der Waals surface area contributed by atoms with Gasteiger partial charge in [-0.2, -0.15) is 10.2 Å². The van der Waals surface area contributed by atoms with Gasteiger partial charge < -0.3 is 0 Å². The minimum absolute atomic E-state index is 0.121. The van der Waals surface area contributed by atoms with Crippen molar-refractivity contribution in [2.24, 2.45) is 22.1 Å². The van der Waals surface area contributed by atoms with Gasteiger partial charge in [0.2, 0.25) is 11.8 Å². The van der Waals surface area contributed by atoms with Crippen molar-refractivity contribution in [2.45, 2.75) is 18.3 Å². The summed E-state index contributed by atoms with van der Waals surface area (Å²) in [4.78, 5) is 29.4. The molecule has 5 nitrogen and oxygen atoms in total. The topological polar surface area (TPSA) is 62.1 Å². The molecule has 1 heterocycles. The first-order valence-electron chi connectivity index (χ1n) is 12.2. The Kier molecular flexibility index (Phi) is 4.40. The molecule has 1 saturated heterocycles. The van der Waals surface area contributed by atoms with Crippen molar-refractivity contribution in [2.75, 3.05) is 4.90 Å². The van der Waals surface area contributed by atoms with E-state index in [1.807, 2.05) is 54.6 Å². The van der Waals surface area contributed by atoms with E-state index in [4.69, 9.17) is 0 Å². The molecule has 4 aromatic carbocycles. The van der Waals surface area contributed by atoms with Crippen LogP contribution in [0.1, 0.15) is 35.1 Å². The maximum absolute atomic E-state index is 14.0. The highest BCUT2D eigenvalue weighted by molar-refractivity contribution is 6.23. The normalized spacial score (nSPS) is 25.7. The number of nitrogens with zero attached hydrogens (tertiary/aromatic N) is 3. The van der Waals surface area contributed by atoms with Crippen LogP contribution in [0, 0.1) is 11.8 Å². The Morgan fingerprint density at radius 1 is 0.639 bits per heavy atom. The fourth-order valence-electron chi connectivity index (χ4n) is 6.68. The van der Waals surface area contributed by atoms with E-state index < -0.39 is 17.3 Å². The first-order valence-corrected chi connectivity index (χ1v) is 12.2. The quantitative estimate of drug-likeness (QED) is 0.248. The van der Waals surface area contributed by atoms with Crippen LogP contribution in [-0.4, -0.2) is 11.8 Å². The zero-order valence-corrected chi connectivity index (χ0v) is 19.7. The Morgan fingerprint density at radius 2 is 1.17 bits per heavy atom. The van der Waals surface area contributed by atoms with Gasteiger partial charge in [-0.15, -0.1) is 0 Å². The van der Waals surface area contributed by atoms with Crippen LogP contribution in [0.3, 0.4) is 0 Å². The van der Waals surface area contributed by atoms with Crippen LogP contribution in [0.5, 0.6) is 0 Å². The molecule has 2 bridgehead atoms. The third kappa shape index (κ3) is 2.71. The molecule has 2 amide bonds. The van der Waals surface area contributed by atoms with Crippen LogP contribution in [0.4, 0.5) is 17.1 Å². The lowest BCUT2D eigenvalue weighted by Crippen LogP contribution is -2.51. The maximum atomic E-state index is 14.0. The number of hydrogen-bond acceptors (Lipinski definition) is 4. The molecular formula is C31H23N3O2. The van der Waals surface area contributed by atoms with Crippen LogP contribution >= 0.6 is 0 Å². The molecule has 174 valence electrons. The predicted octanol–water partition coefficient (Wildman–Crippen LogP) is 6.67. The minimum Gasteiger partial charge on any atom is -0.274 e. The minimum atomic E-state index is -0.558. The summed E-state index contributed by atoms with van der Waals surface area (Å²) in [6, 6.07) is 33.3. The van der Waals surface area contributed by atoms with Gasteiger partial charge in [0.15, 0.2) is 0 Å². The van der Waals surface area contributed by atoms with Gasteiger partial charge in [-0.25, -0.2) is 4.90 Å². The molecule has 8 rings (SSSR count). The van der Waals surface area contributed by atoms with E-state index in [-0.39, 0.29) is 17.7 Å². The Balaban J connectivity index is 1.28. The molecule has 3 aliphatic carbocycles. The molecule has 0 saturated carbocycles. The molecule has 0 radical (unpaired) electrons. The van der Waals surface area contributed by atoms with E-state index in [0.717, 1.165) is 16.8 Å². The average molecular weight is 470 g/mol. The Labute approximate surface area is 209 Å². The smallest absolute Gasteiger partial charge is 0.238 e. The Bertz CT molecular complexity index is 1510. The zero-order valence-electron chi connectivity index (χ0n) is 19.7. The number of amides is 2. The molecule has 0 spiro atoms. The van der Waals surface area contributed by atoms with E-state index in [0.29, 0.717) is 11.4 Å². The number of carbonyl (C=O) groups excluding carboxylic acids is 2. The SMILES string of the molecule is CC12c3ccccc3C(c3ccccc31)[C@H]1C(=O)N(c3ccc(N=Nc4ccccc4)cc3)C(=O)[C@@H]12. The average Bonchev–Trinajstić information content (AvgIpc) is 3.20. The lowest BCUT2D eigenvalue weighted by molar-refractivity contribution is -0.123. The second kappa shape index (κ2) is 7.56. The number of hydrogen-bond donors (Lipinski definition) is 0. The summed E-state index contributed by atoms with van der Waals surface area (Å²) in [5, 5.41) is 8.54. The molecule has 36 heavy (non-hydrogen) atoms. The number of imide groups is 1. The summed E-state index contributed by atoms with van der Waals surface area (Å²) >= 11 is 0. The summed E-state index contributed by atoms with van der Waals surface area (Å²) in [6.07, 6.45) is 0. The fraction of sp³-hybridized carbons (Fsp3) is 0.161. The zero-order chi connectivity index (χ0) is 24.4. The summed E-state index contributed by atoms with van der Waals surface area (Å²) in [7, 11) is 0. The second-order valence-corrected chi connectivity index (χ2v) is 9.92. The number of rotatable bonds is 3. The van der Waals surface area contributed by atoms with Gasteiger partial charge >= 0.3 is 0 Å². The summed E-state index contributed by atoms with van der Waals surface area (Å²) in [6.45, 7) is 2.14. The lowest BCUT2D eigenvalue weighted by Gasteiger charge is -2.52. The van der Waals surface area contributed by atoms with Crippen molar-refractivity contribution in [3.05, 3.63) is 125 Å². The summed E-state index contributed by atoms with van der Waals surface area (Å²) in [5.41, 5.74) is 6.10. The van der Waals surface area contributed by atoms with Crippen LogP contribution in [0.25, 0.3) is 0 Å². The highest BCUT2D eigenvalue weighted by atomic mass is 16.2. The molecule has 4 aliphatic rings. The van der Waals surface area contributed by atoms with Gasteiger partial charge in [0.25, 0.3) is 0 Å². The highest BCUT2D eigenvalue weighted by Crippen LogP contribution is 2.64. The van der Waals surface area contributed by atoms with Gasteiger partial charge in [0, 0.05) is 11.3 Å². The monoisotopic (exact) mass is 469 g/mol. The third-order valence-electron chi connectivity index (χ3n) is 8.19. The first-order chi connectivity index (χ1) is 17.6. The second-order valence-electron chi connectivity index (χ2n) is 9.92. The molecule has 4 aromatic rings. The predicted molar refractivity (Wildman–Crippen MR) is 138 cm³/mol. The van der Waals surface area contributed by atoms with Gasteiger partial charge in [0.1, 0.15) is 0 Å². The Hall–Kier alpha value is -4.38. The van der Waals surface area contributed by atoms with Crippen molar-refractivity contribution >= 4 is 28.9 Å². The molecule has 5 heteroatoms. The highest BCUT2D eigenvalue weighted by Gasteiger charge is 2.66. The largest absolute Gasteiger partial charge is 0.274 e. The van der Waals surface area contributed by atoms with E-state index >= 15 is 0 Å². The number of benzene rings is 4. The van der Waals surface area contributed by atoms with E-state index in [9.17, 15) is 9.59 Å². The van der Waals surface area contributed by atoms with Crippen molar-refractivity contribution in [1.82, 2.24) is 0 Å². The molecular weight excluding hydrogens is 446 g/mol. The van der Waals surface area contributed by atoms with Crippen molar-refractivity contribution in [1.29, 1.82) is 0 Å². The summed E-state index contributed by atoms with van der Waals surface area (Å²) < 4.78 is 0. The molecule has 1 fully saturated rings. The number of anilines is 1. The van der Waals surface area contributed by atoms with Crippen LogP contribution in [0.15, 0.2) is 113 Å². The van der Waals surface area contributed by atoms with Crippen molar-refractivity contribution in [3.63, 3.8) is 0 Å². The van der Waals surface area contributed by atoms with Crippen molar-refractivity contribution < 1.29 is 9.59 Å². The van der Waals surface area contributed by atoms with Crippen LogP contribution in [-0.2, 0) is 15.0 Å². The molecule has 2 atom stereocenters. The third-order valence-corrected chi connectivity index (χ3v) is 8.19. The van der Waals surface area contributed by atoms with Gasteiger partial charge in [-0.1, -0.05) is 73.7 Å². The van der Waals surface area contributed by atoms with Gasteiger partial charge in [-0.05, 0) is 58.7 Å². The van der Waals surface area contributed by atoms with E-state index in [1.165, 1.54) is 16.0 Å². The molecule has 0 unspecified atom stereocenters. The lowest BCUT2D eigenvalue weighted by atomic mass is 9.48. The first kappa shape index (κ1) is 20.9. The van der Waals surface area contributed by atoms with Crippen LogP contribution < -0.4 is 4.90 Å².